The zero-order valence-electron chi connectivity index (χ0n) is 15.9. The Hall–Kier alpha value is -2.28. The summed E-state index contributed by atoms with van der Waals surface area (Å²) in [5.74, 6) is -0.605. The molecule has 0 heterocycles. The second-order valence-corrected chi connectivity index (χ2v) is 6.30. The number of halogens is 4. The zero-order valence-corrected chi connectivity index (χ0v) is 15.9. The summed E-state index contributed by atoms with van der Waals surface area (Å²) in [6, 6.07) is 1.96. The molecule has 1 unspecified atom stereocenters. The van der Waals surface area contributed by atoms with Gasteiger partial charge in [-0.2, -0.15) is 13.2 Å². The van der Waals surface area contributed by atoms with Gasteiger partial charge < -0.3 is 15.5 Å². The van der Waals surface area contributed by atoms with Gasteiger partial charge in [-0.1, -0.05) is 30.9 Å². The van der Waals surface area contributed by atoms with Crippen LogP contribution in [0.5, 0.6) is 0 Å². The summed E-state index contributed by atoms with van der Waals surface area (Å²) < 4.78 is 54.7. The van der Waals surface area contributed by atoms with Crippen molar-refractivity contribution in [3.8, 4) is 0 Å². The fourth-order valence-corrected chi connectivity index (χ4v) is 2.46. The summed E-state index contributed by atoms with van der Waals surface area (Å²) in [5.41, 5.74) is 0.303. The molecule has 1 atom stereocenters. The third-order valence-corrected chi connectivity index (χ3v) is 3.71. The number of rotatable bonds is 10. The average Bonchev–Trinajstić information content (AvgIpc) is 2.56. The van der Waals surface area contributed by atoms with Crippen LogP contribution in [0.15, 0.2) is 54.7 Å². The van der Waals surface area contributed by atoms with Crippen LogP contribution in [0.25, 0.3) is 0 Å². The van der Waals surface area contributed by atoms with Crippen LogP contribution in [-0.2, 0) is 0 Å². The van der Waals surface area contributed by atoms with Crippen LogP contribution in [0.2, 0.25) is 0 Å². The average molecular weight is 385 g/mol. The lowest BCUT2D eigenvalue weighted by Crippen LogP contribution is -2.37. The van der Waals surface area contributed by atoms with Crippen LogP contribution in [-0.4, -0.2) is 44.3 Å². The molecule has 7 heteroatoms. The number of hydrogen-bond acceptors (Lipinski definition) is 3. The molecule has 0 amide bonds. The summed E-state index contributed by atoms with van der Waals surface area (Å²) in [7, 11) is 3.89. The Morgan fingerprint density at radius 3 is 2.52 bits per heavy atom. The predicted octanol–water partition coefficient (Wildman–Crippen LogP) is 5.22. The molecule has 1 aromatic carbocycles. The van der Waals surface area contributed by atoms with Crippen LogP contribution in [0, 0.1) is 5.82 Å². The molecule has 0 aliphatic heterocycles. The third kappa shape index (κ3) is 7.86. The van der Waals surface area contributed by atoms with Crippen molar-refractivity contribution in [1.29, 1.82) is 0 Å². The van der Waals surface area contributed by atoms with Crippen molar-refractivity contribution in [3.05, 3.63) is 60.5 Å². The second kappa shape index (κ2) is 10.8. The van der Waals surface area contributed by atoms with Crippen molar-refractivity contribution in [1.82, 2.24) is 4.90 Å². The number of allylic oxidation sites excluding steroid dienone is 3. The van der Waals surface area contributed by atoms with Crippen molar-refractivity contribution in [2.24, 2.45) is 0 Å². The van der Waals surface area contributed by atoms with Gasteiger partial charge in [-0.15, -0.1) is 0 Å². The van der Waals surface area contributed by atoms with Gasteiger partial charge in [-0.3, -0.25) is 0 Å². The SMILES string of the molecule is C=C/C=C(\C=C/C)C(Nc1ccc(NCCCN(C)C)c(F)c1)C(F)(F)F. The van der Waals surface area contributed by atoms with E-state index in [0.29, 0.717) is 6.54 Å². The molecule has 2 N–H and O–H groups in total. The molecule has 0 aliphatic rings. The lowest BCUT2D eigenvalue weighted by Gasteiger charge is -2.24. The molecule has 150 valence electrons. The standard InChI is InChI=1S/C20H27F4N3/c1-5-8-15(9-6-2)19(20(22,23)24)26-16-10-11-18(17(21)14-16)25-12-7-13-27(3)4/h5-6,8-11,14,19,25-26H,1,7,12-13H2,2-4H3/b9-6-,15-8+. The van der Waals surface area contributed by atoms with E-state index in [2.05, 4.69) is 17.2 Å². The van der Waals surface area contributed by atoms with Gasteiger partial charge >= 0.3 is 6.18 Å². The zero-order chi connectivity index (χ0) is 20.4. The predicted molar refractivity (Wildman–Crippen MR) is 105 cm³/mol. The number of anilines is 2. The number of hydrogen-bond donors (Lipinski definition) is 2. The van der Waals surface area contributed by atoms with E-state index >= 15 is 0 Å². The number of alkyl halides is 3. The van der Waals surface area contributed by atoms with Gasteiger partial charge in [-0.05, 0) is 57.8 Å². The molecule has 27 heavy (non-hydrogen) atoms. The lowest BCUT2D eigenvalue weighted by atomic mass is 10.0. The summed E-state index contributed by atoms with van der Waals surface area (Å²) >= 11 is 0. The Bertz CT molecular complexity index is 664. The highest BCUT2D eigenvalue weighted by Gasteiger charge is 2.41. The molecule has 1 rings (SSSR count). The van der Waals surface area contributed by atoms with Crippen molar-refractivity contribution in [2.45, 2.75) is 25.6 Å². The molecule has 0 spiro atoms. The fraction of sp³-hybridized carbons (Fsp3) is 0.400. The van der Waals surface area contributed by atoms with Gasteiger partial charge in [0.2, 0.25) is 0 Å². The number of benzene rings is 1. The van der Waals surface area contributed by atoms with E-state index in [-0.39, 0.29) is 16.9 Å². The van der Waals surface area contributed by atoms with Gasteiger partial charge in [0.25, 0.3) is 0 Å². The van der Waals surface area contributed by atoms with E-state index in [9.17, 15) is 17.6 Å². The third-order valence-electron chi connectivity index (χ3n) is 3.71. The lowest BCUT2D eigenvalue weighted by molar-refractivity contribution is -0.133. The Kier molecular flexibility index (Phi) is 9.08. The van der Waals surface area contributed by atoms with Crippen molar-refractivity contribution in [3.63, 3.8) is 0 Å². The maximum atomic E-state index is 14.2. The largest absolute Gasteiger partial charge is 0.412 e. The van der Waals surface area contributed by atoms with Crippen molar-refractivity contribution < 1.29 is 17.6 Å². The summed E-state index contributed by atoms with van der Waals surface area (Å²) in [5, 5.41) is 5.33. The Balaban J connectivity index is 2.92. The molecular formula is C20H27F4N3. The van der Waals surface area contributed by atoms with Crippen molar-refractivity contribution >= 4 is 11.4 Å². The van der Waals surface area contributed by atoms with Gasteiger partial charge in [0.15, 0.2) is 0 Å². The highest BCUT2D eigenvalue weighted by Crippen LogP contribution is 2.30. The minimum absolute atomic E-state index is 0.00806. The van der Waals surface area contributed by atoms with Crippen LogP contribution in [0.4, 0.5) is 28.9 Å². The molecule has 0 saturated carbocycles. The molecule has 0 fully saturated rings. The van der Waals surface area contributed by atoms with E-state index in [1.165, 1.54) is 36.4 Å². The first-order chi connectivity index (χ1) is 12.7. The highest BCUT2D eigenvalue weighted by molar-refractivity contribution is 5.56. The van der Waals surface area contributed by atoms with Crippen LogP contribution in [0.1, 0.15) is 13.3 Å². The molecule has 1 aromatic rings. The van der Waals surface area contributed by atoms with E-state index in [1.54, 1.807) is 6.92 Å². The minimum Gasteiger partial charge on any atom is -0.383 e. The molecule has 0 bridgehead atoms. The van der Waals surface area contributed by atoms with E-state index < -0.39 is 18.0 Å². The van der Waals surface area contributed by atoms with Crippen LogP contribution < -0.4 is 10.6 Å². The molecule has 0 saturated heterocycles. The Morgan fingerprint density at radius 1 is 1.30 bits per heavy atom. The molecule has 0 radical (unpaired) electrons. The highest BCUT2D eigenvalue weighted by atomic mass is 19.4. The van der Waals surface area contributed by atoms with E-state index in [0.717, 1.165) is 19.0 Å². The fourth-order valence-electron chi connectivity index (χ4n) is 2.46. The summed E-state index contributed by atoms with van der Waals surface area (Å²) in [6.07, 6.45) is 1.70. The summed E-state index contributed by atoms with van der Waals surface area (Å²) in [6.45, 7) is 6.50. The Morgan fingerprint density at radius 2 is 2.00 bits per heavy atom. The van der Waals surface area contributed by atoms with Crippen molar-refractivity contribution in [2.75, 3.05) is 37.8 Å². The van der Waals surface area contributed by atoms with Crippen LogP contribution >= 0.6 is 0 Å². The van der Waals surface area contributed by atoms with E-state index in [1.807, 2.05) is 19.0 Å². The van der Waals surface area contributed by atoms with Gasteiger partial charge in [0.05, 0.1) is 5.69 Å². The molecule has 0 aromatic heterocycles. The normalized spacial score (nSPS) is 13.9. The maximum absolute atomic E-state index is 14.2. The first kappa shape index (κ1) is 22.8. The first-order valence-corrected chi connectivity index (χ1v) is 8.65. The molecule has 0 aliphatic carbocycles. The first-order valence-electron chi connectivity index (χ1n) is 8.65. The van der Waals surface area contributed by atoms with Crippen LogP contribution in [0.3, 0.4) is 0 Å². The number of nitrogens with one attached hydrogen (secondary N) is 2. The van der Waals surface area contributed by atoms with Gasteiger partial charge in [-0.25, -0.2) is 4.39 Å². The Labute approximate surface area is 158 Å². The topological polar surface area (TPSA) is 27.3 Å². The van der Waals surface area contributed by atoms with Gasteiger partial charge in [0, 0.05) is 12.2 Å². The maximum Gasteiger partial charge on any atom is 0.412 e. The smallest absolute Gasteiger partial charge is 0.383 e. The number of nitrogens with zero attached hydrogens (tertiary/aromatic N) is 1. The molecular weight excluding hydrogens is 358 g/mol. The second-order valence-electron chi connectivity index (χ2n) is 6.30. The van der Waals surface area contributed by atoms with E-state index in [4.69, 9.17) is 0 Å². The monoisotopic (exact) mass is 385 g/mol. The summed E-state index contributed by atoms with van der Waals surface area (Å²) in [4.78, 5) is 2.02. The molecule has 3 nitrogen and oxygen atoms in total. The quantitative estimate of drug-likeness (QED) is 0.328. The van der Waals surface area contributed by atoms with Gasteiger partial charge in [0.1, 0.15) is 11.9 Å². The minimum atomic E-state index is -4.55.